The summed E-state index contributed by atoms with van der Waals surface area (Å²) in [5.41, 5.74) is 2.26. The molecule has 0 spiro atoms. The lowest BCUT2D eigenvalue weighted by Gasteiger charge is -2.35. The minimum Gasteiger partial charge on any atom is -0.490 e. The van der Waals surface area contributed by atoms with E-state index >= 15 is 0 Å². The molecule has 3 amide bonds. The number of urea groups is 1. The molecule has 0 radical (unpaired) electrons. The summed E-state index contributed by atoms with van der Waals surface area (Å²) >= 11 is 6.18. The predicted octanol–water partition coefficient (Wildman–Crippen LogP) is 4.08. The Kier molecular flexibility index (Phi) is 7.03. The maximum absolute atomic E-state index is 14.2. The van der Waals surface area contributed by atoms with Crippen molar-refractivity contribution in [3.63, 3.8) is 0 Å². The van der Waals surface area contributed by atoms with Gasteiger partial charge in [0.1, 0.15) is 36.1 Å². The number of hydrogen-bond donors (Lipinski definition) is 1. The van der Waals surface area contributed by atoms with Crippen molar-refractivity contribution in [2.45, 2.75) is 32.0 Å². The highest BCUT2D eigenvalue weighted by molar-refractivity contribution is 6.30. The Labute approximate surface area is 224 Å². The van der Waals surface area contributed by atoms with Gasteiger partial charge in [-0.05, 0) is 49.7 Å². The Morgan fingerprint density at radius 3 is 2.68 bits per heavy atom. The largest absolute Gasteiger partial charge is 0.490 e. The van der Waals surface area contributed by atoms with Crippen LogP contribution in [0, 0.1) is 11.3 Å². The molecule has 1 N–H and O–H groups in total. The average molecular weight is 533 g/mol. The number of nitriles is 1. The van der Waals surface area contributed by atoms with Crippen LogP contribution in [0.25, 0.3) is 0 Å². The van der Waals surface area contributed by atoms with Crippen molar-refractivity contribution in [2.75, 3.05) is 19.6 Å². The highest BCUT2D eigenvalue weighted by Gasteiger charge is 2.46. The third kappa shape index (κ3) is 4.93. The van der Waals surface area contributed by atoms with E-state index in [0.29, 0.717) is 46.5 Å². The van der Waals surface area contributed by atoms with E-state index in [1.54, 1.807) is 41.3 Å². The van der Waals surface area contributed by atoms with Crippen molar-refractivity contribution >= 4 is 29.4 Å². The summed E-state index contributed by atoms with van der Waals surface area (Å²) in [7, 11) is 0. The van der Waals surface area contributed by atoms with Gasteiger partial charge in [-0.1, -0.05) is 28.9 Å². The number of benzene rings is 2. The molecular weight excluding hydrogens is 508 g/mol. The first-order chi connectivity index (χ1) is 18.4. The fourth-order valence-corrected chi connectivity index (χ4v) is 4.75. The van der Waals surface area contributed by atoms with Crippen molar-refractivity contribution in [3.05, 3.63) is 82.2 Å². The number of piperazine rings is 1. The van der Waals surface area contributed by atoms with Gasteiger partial charge in [-0.2, -0.15) is 5.26 Å². The Morgan fingerprint density at radius 1 is 1.24 bits per heavy atom. The zero-order chi connectivity index (χ0) is 26.8. The maximum atomic E-state index is 14.2. The number of hydrogen-bond acceptors (Lipinski definition) is 7. The van der Waals surface area contributed by atoms with Crippen LogP contribution in [0.15, 0.2) is 64.3 Å². The van der Waals surface area contributed by atoms with E-state index in [1.165, 1.54) is 11.2 Å². The van der Waals surface area contributed by atoms with E-state index in [0.717, 1.165) is 5.56 Å². The van der Waals surface area contributed by atoms with Gasteiger partial charge in [0.15, 0.2) is 0 Å². The second-order valence-corrected chi connectivity index (χ2v) is 9.67. The third-order valence-corrected chi connectivity index (χ3v) is 6.52. The summed E-state index contributed by atoms with van der Waals surface area (Å²) in [5.74, 6) is 0.525. The molecule has 38 heavy (non-hydrogen) atoms. The summed E-state index contributed by atoms with van der Waals surface area (Å²) in [6, 6.07) is 14.4. The summed E-state index contributed by atoms with van der Waals surface area (Å²) < 4.78 is 11.2. The fraction of sp³-hybridized carbons (Fsp3) is 0.296. The van der Waals surface area contributed by atoms with Crippen molar-refractivity contribution in [3.8, 4) is 11.8 Å². The van der Waals surface area contributed by atoms with Gasteiger partial charge >= 0.3 is 6.03 Å². The van der Waals surface area contributed by atoms with Gasteiger partial charge in [-0.3, -0.25) is 14.7 Å². The second kappa shape index (κ2) is 10.6. The molecule has 2 aliphatic heterocycles. The fourth-order valence-electron chi connectivity index (χ4n) is 4.62. The number of amidine groups is 1. The second-order valence-electron chi connectivity index (χ2n) is 9.23. The van der Waals surface area contributed by atoms with Crippen LogP contribution in [0.2, 0.25) is 5.02 Å². The Hall–Kier alpha value is -4.36. The first-order valence-electron chi connectivity index (χ1n) is 12.1. The lowest BCUT2D eigenvalue weighted by atomic mass is 9.97. The van der Waals surface area contributed by atoms with Crippen molar-refractivity contribution < 1.29 is 18.8 Å². The Morgan fingerprint density at radius 2 is 2.03 bits per heavy atom. The smallest absolute Gasteiger partial charge is 0.326 e. The predicted molar refractivity (Wildman–Crippen MR) is 139 cm³/mol. The number of carbonyl (C=O) groups excluding carboxylic acids is 2. The molecule has 2 unspecified atom stereocenters. The van der Waals surface area contributed by atoms with Gasteiger partial charge in [0.25, 0.3) is 0 Å². The van der Waals surface area contributed by atoms with E-state index in [1.807, 2.05) is 26.0 Å². The first-order valence-corrected chi connectivity index (χ1v) is 12.5. The van der Waals surface area contributed by atoms with Crippen molar-refractivity contribution in [1.29, 1.82) is 5.26 Å². The molecule has 1 fully saturated rings. The minimum absolute atomic E-state index is 0.0761. The molecule has 5 rings (SSSR count). The number of aliphatic imine (C=N–C) groups is 1. The lowest BCUT2D eigenvalue weighted by molar-refractivity contribution is -0.123. The normalized spacial score (nSPS) is 19.2. The van der Waals surface area contributed by atoms with E-state index < -0.39 is 12.1 Å². The lowest BCUT2D eigenvalue weighted by Crippen LogP contribution is -2.55. The number of nitrogens with one attached hydrogen (secondary N) is 1. The topological polar surface area (TPSA) is 124 Å². The molecule has 2 aromatic carbocycles. The molecule has 0 bridgehead atoms. The van der Waals surface area contributed by atoms with E-state index in [2.05, 4.69) is 16.5 Å². The zero-order valence-corrected chi connectivity index (χ0v) is 21.6. The molecule has 0 aliphatic carbocycles. The molecule has 1 saturated heterocycles. The Balaban J connectivity index is 1.69. The van der Waals surface area contributed by atoms with E-state index in [4.69, 9.17) is 25.9 Å². The van der Waals surface area contributed by atoms with Gasteiger partial charge in [-0.25, -0.2) is 4.79 Å². The maximum Gasteiger partial charge on any atom is 0.326 e. The van der Waals surface area contributed by atoms with Crippen LogP contribution in [-0.4, -0.2) is 58.5 Å². The monoisotopic (exact) mass is 532 g/mol. The van der Waals surface area contributed by atoms with Crippen LogP contribution in [0.3, 0.4) is 0 Å². The average Bonchev–Trinajstić information content (AvgIpc) is 3.57. The molecule has 194 valence electrons. The number of carbonyl (C=O) groups is 2. The van der Waals surface area contributed by atoms with Gasteiger partial charge < -0.3 is 19.5 Å². The highest BCUT2D eigenvalue weighted by atomic mass is 35.5. The molecule has 11 heteroatoms. The molecule has 10 nitrogen and oxygen atoms in total. The quantitative estimate of drug-likeness (QED) is 0.528. The summed E-state index contributed by atoms with van der Waals surface area (Å²) in [5, 5.41) is 16.9. The summed E-state index contributed by atoms with van der Waals surface area (Å²) in [4.78, 5) is 34.4. The number of halogens is 1. The van der Waals surface area contributed by atoms with Crippen molar-refractivity contribution in [1.82, 2.24) is 20.3 Å². The van der Waals surface area contributed by atoms with E-state index in [9.17, 15) is 14.9 Å². The van der Waals surface area contributed by atoms with Crippen LogP contribution < -0.4 is 10.1 Å². The number of ether oxygens (including phenoxy) is 1. The van der Waals surface area contributed by atoms with Crippen LogP contribution >= 0.6 is 11.6 Å². The van der Waals surface area contributed by atoms with Crippen LogP contribution in [0.1, 0.15) is 48.3 Å². The molecule has 2 aliphatic rings. The SMILES string of the molecule is CC(C)Oc1cc(C#N)ccc1C1=NC(c2ccon2)C(c2ccc(Cl)cc2)N1C(=O)N1CCNC(=O)C1. The van der Waals surface area contributed by atoms with Crippen LogP contribution in [0.5, 0.6) is 5.75 Å². The molecule has 1 aromatic heterocycles. The first kappa shape index (κ1) is 25.3. The minimum atomic E-state index is -0.618. The number of nitrogens with zero attached hydrogens (tertiary/aromatic N) is 5. The van der Waals surface area contributed by atoms with Crippen molar-refractivity contribution in [2.24, 2.45) is 4.99 Å². The van der Waals surface area contributed by atoms with Crippen LogP contribution in [-0.2, 0) is 4.79 Å². The molecule has 3 aromatic rings. The number of rotatable bonds is 5. The summed E-state index contributed by atoms with van der Waals surface area (Å²) in [6.45, 7) is 4.38. The summed E-state index contributed by atoms with van der Waals surface area (Å²) in [6.07, 6.45) is 1.26. The van der Waals surface area contributed by atoms with Gasteiger partial charge in [0, 0.05) is 24.2 Å². The third-order valence-electron chi connectivity index (χ3n) is 6.27. The Bertz CT molecular complexity index is 1410. The molecular formula is C27H25ClN6O4. The highest BCUT2D eigenvalue weighted by Crippen LogP contribution is 2.45. The van der Waals surface area contributed by atoms with Gasteiger partial charge in [0.2, 0.25) is 5.91 Å². The standard InChI is InChI=1S/C27H25ClN6O4/c1-16(2)38-22-13-17(14-29)3-8-20(22)26-31-24(21-9-12-37-32-21)25(18-4-6-19(28)7-5-18)34(26)27(36)33-11-10-30-23(35)15-33/h3-9,12-13,16,24-25H,10-11,15H2,1-2H3,(H,30,35). The zero-order valence-electron chi connectivity index (χ0n) is 20.8. The molecule has 3 heterocycles. The van der Waals surface area contributed by atoms with Gasteiger partial charge in [-0.15, -0.1) is 0 Å². The molecule has 0 saturated carbocycles. The van der Waals surface area contributed by atoms with E-state index in [-0.39, 0.29) is 24.6 Å². The number of amides is 3. The number of aromatic nitrogens is 1. The van der Waals surface area contributed by atoms with Gasteiger partial charge in [0.05, 0.1) is 29.3 Å². The van der Waals surface area contributed by atoms with Crippen LogP contribution in [0.4, 0.5) is 4.79 Å². The molecule has 2 atom stereocenters.